The number of sulfonamides is 1. The monoisotopic (exact) mass is 377 g/mol. The number of nitrogens with zero attached hydrogens (tertiary/aromatic N) is 1. The molecule has 9 heteroatoms. The highest BCUT2D eigenvalue weighted by atomic mass is 32.2. The van der Waals surface area contributed by atoms with Gasteiger partial charge in [0.05, 0.1) is 18.6 Å². The average Bonchev–Trinajstić information content (AvgIpc) is 2.61. The summed E-state index contributed by atoms with van der Waals surface area (Å²) in [7, 11) is -0.930. The van der Waals surface area contributed by atoms with Crippen molar-refractivity contribution in [2.45, 2.75) is 4.90 Å². The van der Waals surface area contributed by atoms with Crippen molar-refractivity contribution in [3.8, 4) is 5.75 Å². The molecule has 0 saturated heterocycles. The highest BCUT2D eigenvalue weighted by molar-refractivity contribution is 7.89. The number of ether oxygens (including phenoxy) is 1. The van der Waals surface area contributed by atoms with E-state index in [0.717, 1.165) is 0 Å². The molecular weight excluding hydrogens is 358 g/mol. The van der Waals surface area contributed by atoms with Crippen molar-refractivity contribution in [1.82, 2.24) is 4.90 Å². The number of carbonyl (C=O) groups is 2. The van der Waals surface area contributed by atoms with Gasteiger partial charge in [-0.25, -0.2) is 13.6 Å². The average molecular weight is 377 g/mol. The van der Waals surface area contributed by atoms with E-state index in [4.69, 9.17) is 9.88 Å². The number of likely N-dealkylation sites (N-methyl/N-ethyl adjacent to an activating group) is 1. The number of hydrogen-bond donors (Lipinski definition) is 2. The van der Waals surface area contributed by atoms with Crippen LogP contribution in [-0.2, 0) is 14.8 Å². The Morgan fingerprint density at radius 1 is 1.15 bits per heavy atom. The molecule has 2 aromatic carbocycles. The largest absolute Gasteiger partial charge is 0.497 e. The molecule has 0 bridgehead atoms. The van der Waals surface area contributed by atoms with Gasteiger partial charge in [0, 0.05) is 18.3 Å². The first-order valence-corrected chi connectivity index (χ1v) is 9.07. The number of benzene rings is 2. The maximum Gasteiger partial charge on any atom is 0.254 e. The third-order valence-electron chi connectivity index (χ3n) is 3.51. The molecule has 0 heterocycles. The van der Waals surface area contributed by atoms with Crippen molar-refractivity contribution in [2.24, 2.45) is 5.14 Å². The summed E-state index contributed by atoms with van der Waals surface area (Å²) < 4.78 is 27.8. The summed E-state index contributed by atoms with van der Waals surface area (Å²) in [6.07, 6.45) is 0. The van der Waals surface area contributed by atoms with Crippen molar-refractivity contribution in [3.05, 3.63) is 54.1 Å². The summed E-state index contributed by atoms with van der Waals surface area (Å²) >= 11 is 0. The second-order valence-electron chi connectivity index (χ2n) is 5.51. The SMILES string of the molecule is COc1ccc(NC(=O)CN(C)C(=O)c2cccc(S(N)(=O)=O)c2)cc1. The lowest BCUT2D eigenvalue weighted by Crippen LogP contribution is -2.35. The van der Waals surface area contributed by atoms with Crippen LogP contribution >= 0.6 is 0 Å². The highest BCUT2D eigenvalue weighted by Crippen LogP contribution is 2.15. The molecule has 138 valence electrons. The van der Waals surface area contributed by atoms with E-state index in [2.05, 4.69) is 5.32 Å². The quantitative estimate of drug-likeness (QED) is 0.780. The Morgan fingerprint density at radius 2 is 1.81 bits per heavy atom. The van der Waals surface area contributed by atoms with Crippen LogP contribution in [0.1, 0.15) is 10.4 Å². The Hall–Kier alpha value is -2.91. The molecule has 0 fully saturated rings. The maximum absolute atomic E-state index is 12.4. The van der Waals surface area contributed by atoms with Crippen LogP contribution < -0.4 is 15.2 Å². The fourth-order valence-corrected chi connectivity index (χ4v) is 2.75. The number of primary sulfonamides is 1. The van der Waals surface area contributed by atoms with E-state index in [1.54, 1.807) is 31.4 Å². The second kappa shape index (κ2) is 7.98. The number of nitrogens with one attached hydrogen (secondary N) is 1. The van der Waals surface area contributed by atoms with Crippen LogP contribution in [0.5, 0.6) is 5.75 Å². The number of nitrogens with two attached hydrogens (primary N) is 1. The molecule has 26 heavy (non-hydrogen) atoms. The van der Waals surface area contributed by atoms with Crippen LogP contribution in [0.3, 0.4) is 0 Å². The Morgan fingerprint density at radius 3 is 2.38 bits per heavy atom. The van der Waals surface area contributed by atoms with Gasteiger partial charge in [-0.3, -0.25) is 9.59 Å². The molecule has 3 N–H and O–H groups in total. The molecule has 8 nitrogen and oxygen atoms in total. The molecule has 0 aromatic heterocycles. The van der Waals surface area contributed by atoms with Gasteiger partial charge < -0.3 is 15.0 Å². The van der Waals surface area contributed by atoms with Crippen LogP contribution in [0.4, 0.5) is 5.69 Å². The van der Waals surface area contributed by atoms with Crippen molar-refractivity contribution in [1.29, 1.82) is 0 Å². The van der Waals surface area contributed by atoms with Gasteiger partial charge in [0.2, 0.25) is 15.9 Å². The molecule has 0 aliphatic carbocycles. The van der Waals surface area contributed by atoms with Crippen molar-refractivity contribution in [3.63, 3.8) is 0 Å². The zero-order valence-electron chi connectivity index (χ0n) is 14.3. The van der Waals surface area contributed by atoms with Gasteiger partial charge in [0.15, 0.2) is 0 Å². The number of anilines is 1. The minimum absolute atomic E-state index is 0.122. The van der Waals surface area contributed by atoms with Gasteiger partial charge in [-0.2, -0.15) is 0 Å². The standard InChI is InChI=1S/C17H19N3O5S/c1-20(11-16(21)19-13-6-8-14(25-2)9-7-13)17(22)12-4-3-5-15(10-12)26(18,23)24/h3-10H,11H2,1-2H3,(H,19,21)(H2,18,23,24). The van der Waals surface area contributed by atoms with Crippen LogP contribution in [-0.4, -0.2) is 45.8 Å². The molecule has 0 aliphatic heterocycles. The first-order chi connectivity index (χ1) is 12.2. The smallest absolute Gasteiger partial charge is 0.254 e. The van der Waals surface area contributed by atoms with Crippen LogP contribution in [0.25, 0.3) is 0 Å². The number of rotatable bonds is 6. The van der Waals surface area contributed by atoms with Gasteiger partial charge in [-0.15, -0.1) is 0 Å². The van der Waals surface area contributed by atoms with E-state index in [9.17, 15) is 18.0 Å². The Bertz CT molecular complexity index is 910. The fraction of sp³-hybridized carbons (Fsp3) is 0.176. The Balaban J connectivity index is 2.03. The van der Waals surface area contributed by atoms with Crippen LogP contribution in [0.2, 0.25) is 0 Å². The third kappa shape index (κ3) is 5.04. The summed E-state index contributed by atoms with van der Waals surface area (Å²) in [6, 6.07) is 12.1. The number of amides is 2. The molecule has 0 radical (unpaired) electrons. The molecule has 2 amide bonds. The number of carbonyl (C=O) groups excluding carboxylic acids is 2. The lowest BCUT2D eigenvalue weighted by molar-refractivity contribution is -0.116. The van der Waals surface area contributed by atoms with Gasteiger partial charge in [0.25, 0.3) is 5.91 Å². The zero-order chi connectivity index (χ0) is 19.3. The van der Waals surface area contributed by atoms with E-state index in [0.29, 0.717) is 11.4 Å². The molecule has 0 aliphatic rings. The molecular formula is C17H19N3O5S. The van der Waals surface area contributed by atoms with Gasteiger partial charge >= 0.3 is 0 Å². The minimum Gasteiger partial charge on any atom is -0.497 e. The topological polar surface area (TPSA) is 119 Å². The minimum atomic E-state index is -3.91. The lowest BCUT2D eigenvalue weighted by Gasteiger charge is -2.17. The molecule has 0 atom stereocenters. The van der Waals surface area contributed by atoms with E-state index < -0.39 is 21.8 Å². The normalized spacial score (nSPS) is 10.9. The second-order valence-corrected chi connectivity index (χ2v) is 7.07. The summed E-state index contributed by atoms with van der Waals surface area (Å²) in [4.78, 5) is 25.5. The predicted octanol–water partition coefficient (Wildman–Crippen LogP) is 1.05. The first-order valence-electron chi connectivity index (χ1n) is 7.53. The molecule has 2 aromatic rings. The Labute approximate surface area is 151 Å². The molecule has 0 saturated carbocycles. The predicted molar refractivity (Wildman–Crippen MR) is 96.4 cm³/mol. The van der Waals surface area contributed by atoms with Gasteiger partial charge in [-0.05, 0) is 42.5 Å². The molecule has 2 rings (SSSR count). The summed E-state index contributed by atoms with van der Waals surface area (Å²) in [5, 5.41) is 7.73. The number of hydrogen-bond acceptors (Lipinski definition) is 5. The third-order valence-corrected chi connectivity index (χ3v) is 4.42. The summed E-state index contributed by atoms with van der Waals surface area (Å²) in [6.45, 7) is -0.204. The molecule has 0 spiro atoms. The zero-order valence-corrected chi connectivity index (χ0v) is 15.1. The summed E-state index contributed by atoms with van der Waals surface area (Å²) in [5.74, 6) is -0.237. The lowest BCUT2D eigenvalue weighted by atomic mass is 10.2. The maximum atomic E-state index is 12.4. The van der Waals surface area contributed by atoms with E-state index >= 15 is 0 Å². The van der Waals surface area contributed by atoms with Gasteiger partial charge in [-0.1, -0.05) is 6.07 Å². The number of methoxy groups -OCH3 is 1. The van der Waals surface area contributed by atoms with Crippen LogP contribution in [0.15, 0.2) is 53.4 Å². The van der Waals surface area contributed by atoms with Crippen molar-refractivity contribution < 1.29 is 22.7 Å². The Kier molecular flexibility index (Phi) is 5.96. The summed E-state index contributed by atoms with van der Waals surface area (Å²) in [5.41, 5.74) is 0.684. The van der Waals surface area contributed by atoms with Crippen molar-refractivity contribution >= 4 is 27.5 Å². The van der Waals surface area contributed by atoms with E-state index in [-0.39, 0.29) is 17.0 Å². The van der Waals surface area contributed by atoms with Crippen molar-refractivity contribution in [2.75, 3.05) is 26.0 Å². The van der Waals surface area contributed by atoms with Gasteiger partial charge in [0.1, 0.15) is 5.75 Å². The van der Waals surface area contributed by atoms with E-state index in [1.165, 1.54) is 36.2 Å². The molecule has 0 unspecified atom stereocenters. The van der Waals surface area contributed by atoms with E-state index in [1.807, 2.05) is 0 Å². The highest BCUT2D eigenvalue weighted by Gasteiger charge is 2.17. The van der Waals surface area contributed by atoms with Crippen LogP contribution in [0, 0.1) is 0 Å². The fourth-order valence-electron chi connectivity index (χ4n) is 2.19. The first kappa shape index (κ1) is 19.4.